The van der Waals surface area contributed by atoms with E-state index in [-0.39, 0.29) is 5.90 Å². The lowest BCUT2D eigenvalue weighted by Crippen LogP contribution is -2.45. The van der Waals surface area contributed by atoms with Crippen molar-refractivity contribution in [3.8, 4) is 11.5 Å². The van der Waals surface area contributed by atoms with Crippen molar-refractivity contribution in [3.63, 3.8) is 0 Å². The summed E-state index contributed by atoms with van der Waals surface area (Å²) in [5, 5.41) is 15.4. The van der Waals surface area contributed by atoms with Crippen LogP contribution in [0, 0.1) is 0 Å². The molecule has 3 aromatic rings. The molecule has 5 aliphatic rings. The number of nitrogens with zero attached hydrogens (tertiary/aromatic N) is 3. The number of hydrogen-bond donors (Lipinski definition) is 1. The van der Waals surface area contributed by atoms with Gasteiger partial charge in [0.2, 0.25) is 5.36 Å². The molecule has 0 amide bonds. The monoisotopic (exact) mass is 546 g/mol. The quantitative estimate of drug-likeness (QED) is 0.181. The molecule has 5 heterocycles. The molecule has 6 nitrogen and oxygen atoms in total. The number of fused-ring (bicyclic) bond motifs is 4. The summed E-state index contributed by atoms with van der Waals surface area (Å²) >= 11 is 0. The van der Waals surface area contributed by atoms with E-state index >= 15 is 0 Å². The maximum atomic E-state index is 12.7. The third-order valence-corrected chi connectivity index (χ3v) is 9.73. The van der Waals surface area contributed by atoms with Gasteiger partial charge in [-0.15, -0.1) is 0 Å². The molecule has 8 rings (SSSR count). The van der Waals surface area contributed by atoms with Crippen molar-refractivity contribution < 1.29 is 9.84 Å². The molecule has 0 radical (unpaired) electrons. The number of ether oxygens (including phenoxy) is 1. The lowest BCUT2D eigenvalue weighted by Gasteiger charge is -2.39. The average molecular weight is 547 g/mol. The molecule has 0 fully saturated rings. The van der Waals surface area contributed by atoms with Crippen molar-refractivity contribution in [2.45, 2.75) is 57.8 Å². The number of benzene rings is 3. The smallest absolute Gasteiger partial charge is 0.210 e. The van der Waals surface area contributed by atoms with E-state index < -0.39 is 0 Å². The Morgan fingerprint density at radius 2 is 1.66 bits per heavy atom. The standard InChI is InChI=1S/C35H38N4O2/c36-14-5-15-37-35(40)23-12-10-22(11-13-23)30-28-20-24-6-1-16-38-18-3-8-26(31(24)38)33(28)41-34-27-9-4-19-39-17-2-7-25(32(27)39)21-29(30)34/h10-13,20-21H,1-9,14-19,36H2. The molecule has 2 N–H and O–H groups in total. The molecule has 0 spiro atoms. The van der Waals surface area contributed by atoms with Crippen LogP contribution < -0.4 is 35.6 Å². The Morgan fingerprint density at radius 1 is 0.902 bits per heavy atom. The first-order chi connectivity index (χ1) is 20.2. The summed E-state index contributed by atoms with van der Waals surface area (Å²) in [4.78, 5) is 6.81. The van der Waals surface area contributed by atoms with E-state index in [2.05, 4.69) is 38.7 Å². The lowest BCUT2D eigenvalue weighted by atomic mass is 9.82. The molecule has 0 aliphatic carbocycles. The first kappa shape index (κ1) is 25.1. The van der Waals surface area contributed by atoms with Crippen molar-refractivity contribution in [2.75, 3.05) is 44.2 Å². The van der Waals surface area contributed by atoms with Gasteiger partial charge in [0, 0.05) is 65.6 Å². The van der Waals surface area contributed by atoms with Gasteiger partial charge < -0.3 is 25.5 Å². The molecule has 0 unspecified atom stereocenters. The van der Waals surface area contributed by atoms with Crippen LogP contribution in [0.5, 0.6) is 11.5 Å². The summed E-state index contributed by atoms with van der Waals surface area (Å²) in [6.07, 6.45) is 9.84. The van der Waals surface area contributed by atoms with Crippen molar-refractivity contribution in [1.82, 2.24) is 4.58 Å². The minimum Gasteiger partial charge on any atom is -0.858 e. The fraction of sp³-hybridized carbons (Fsp3) is 0.429. The van der Waals surface area contributed by atoms with Gasteiger partial charge in [0.15, 0.2) is 0 Å². The summed E-state index contributed by atoms with van der Waals surface area (Å²) < 4.78 is 9.73. The number of aryl methyl sites for hydroxylation is 2. The van der Waals surface area contributed by atoms with E-state index in [9.17, 15) is 5.11 Å². The number of anilines is 1. The normalized spacial score (nSPS) is 18.8. The largest absolute Gasteiger partial charge is 0.858 e. The van der Waals surface area contributed by atoms with Crippen molar-refractivity contribution in [1.29, 1.82) is 0 Å². The topological polar surface area (TPSA) is 76.9 Å². The third kappa shape index (κ3) is 4.02. The van der Waals surface area contributed by atoms with Gasteiger partial charge in [-0.2, -0.15) is 0 Å². The fourth-order valence-electron chi connectivity index (χ4n) is 7.97. The first-order valence-electron chi connectivity index (χ1n) is 15.7. The second-order valence-corrected chi connectivity index (χ2v) is 12.3. The van der Waals surface area contributed by atoms with E-state index in [4.69, 9.17) is 10.5 Å². The fourth-order valence-corrected chi connectivity index (χ4v) is 7.97. The van der Waals surface area contributed by atoms with Crippen LogP contribution in [0.25, 0.3) is 5.57 Å². The lowest BCUT2D eigenvalue weighted by molar-refractivity contribution is -0.213. The second-order valence-electron chi connectivity index (χ2n) is 12.3. The summed E-state index contributed by atoms with van der Waals surface area (Å²) in [6, 6.07) is 13.0. The van der Waals surface area contributed by atoms with Gasteiger partial charge in [-0.25, -0.2) is 4.58 Å². The molecule has 3 aromatic carbocycles. The van der Waals surface area contributed by atoms with Gasteiger partial charge in [-0.05, 0) is 86.2 Å². The Bertz CT molecular complexity index is 1710. The predicted octanol–water partition coefficient (Wildman–Crippen LogP) is 2.58. The van der Waals surface area contributed by atoms with E-state index in [1.807, 2.05) is 12.1 Å². The van der Waals surface area contributed by atoms with E-state index in [0.717, 1.165) is 75.3 Å². The molecular formula is C35H38N4O2. The summed E-state index contributed by atoms with van der Waals surface area (Å²) in [7, 11) is 0. The van der Waals surface area contributed by atoms with Crippen LogP contribution in [0.15, 0.2) is 41.4 Å². The van der Waals surface area contributed by atoms with E-state index in [1.165, 1.54) is 75.3 Å². The molecule has 5 aliphatic heterocycles. The Morgan fingerprint density at radius 3 is 2.49 bits per heavy atom. The van der Waals surface area contributed by atoms with Crippen molar-refractivity contribution in [2.24, 2.45) is 10.7 Å². The van der Waals surface area contributed by atoms with E-state index in [1.54, 1.807) is 0 Å². The van der Waals surface area contributed by atoms with E-state index in [0.29, 0.717) is 18.7 Å². The maximum Gasteiger partial charge on any atom is 0.210 e. The molecule has 0 bridgehead atoms. The highest BCUT2D eigenvalue weighted by atomic mass is 16.5. The van der Waals surface area contributed by atoms with Gasteiger partial charge in [-0.3, -0.25) is 0 Å². The molecule has 6 heteroatoms. The molecule has 210 valence electrons. The van der Waals surface area contributed by atoms with Crippen molar-refractivity contribution in [3.05, 3.63) is 85.9 Å². The third-order valence-electron chi connectivity index (χ3n) is 9.73. The highest BCUT2D eigenvalue weighted by Crippen LogP contribution is 2.48. The average Bonchev–Trinajstić information content (AvgIpc) is 3.01. The maximum absolute atomic E-state index is 12.7. The number of aliphatic imine (C=N–C) groups is 1. The molecular weight excluding hydrogens is 508 g/mol. The van der Waals surface area contributed by atoms with Crippen LogP contribution >= 0.6 is 0 Å². The zero-order valence-corrected chi connectivity index (χ0v) is 23.8. The summed E-state index contributed by atoms with van der Waals surface area (Å²) in [5.74, 6) is 1.97. The Balaban J connectivity index is 1.39. The summed E-state index contributed by atoms with van der Waals surface area (Å²) in [6.45, 7) is 5.60. The number of rotatable bonds is 5. The minimum absolute atomic E-state index is 0.167. The highest BCUT2D eigenvalue weighted by Gasteiger charge is 2.35. The first-order valence-corrected chi connectivity index (χ1v) is 15.7. The van der Waals surface area contributed by atoms with Crippen LogP contribution in [-0.2, 0) is 25.7 Å². The number of hydrogen-bond acceptors (Lipinski definition) is 5. The van der Waals surface area contributed by atoms with Gasteiger partial charge in [0.1, 0.15) is 24.6 Å². The molecule has 0 saturated carbocycles. The zero-order chi connectivity index (χ0) is 27.5. The Hall–Kier alpha value is -3.64. The van der Waals surface area contributed by atoms with Crippen LogP contribution in [-0.4, -0.2) is 45.2 Å². The van der Waals surface area contributed by atoms with Crippen LogP contribution in [0.3, 0.4) is 0 Å². The van der Waals surface area contributed by atoms with Gasteiger partial charge >= 0.3 is 0 Å². The second kappa shape index (κ2) is 10.0. The molecule has 0 aromatic heterocycles. The zero-order valence-electron chi connectivity index (χ0n) is 23.8. The Labute approximate surface area is 241 Å². The van der Waals surface area contributed by atoms with Crippen LogP contribution in [0.1, 0.15) is 71.0 Å². The molecule has 0 atom stereocenters. The predicted molar refractivity (Wildman–Crippen MR) is 162 cm³/mol. The highest BCUT2D eigenvalue weighted by molar-refractivity contribution is 5.93. The Kier molecular flexibility index (Phi) is 6.13. The minimum atomic E-state index is -0.167. The number of nitrogens with two attached hydrogens (primary N) is 1. The van der Waals surface area contributed by atoms with Crippen LogP contribution in [0.4, 0.5) is 5.69 Å². The van der Waals surface area contributed by atoms with Gasteiger partial charge in [-0.1, -0.05) is 24.3 Å². The SMILES string of the molecule is NCCCN=C([O-])c1ccc(C2=c3cc4c5c(c3Oc3c2cc2c6c3CCCN6CCC2)CCC[N+]=5CCC4)cc1. The summed E-state index contributed by atoms with van der Waals surface area (Å²) in [5.41, 5.74) is 17.0. The van der Waals surface area contributed by atoms with Crippen LogP contribution in [0.2, 0.25) is 0 Å². The van der Waals surface area contributed by atoms with Crippen molar-refractivity contribution >= 4 is 17.2 Å². The van der Waals surface area contributed by atoms with Gasteiger partial charge in [0.25, 0.3) is 0 Å². The van der Waals surface area contributed by atoms with Gasteiger partial charge in [0.05, 0.1) is 5.56 Å². The molecule has 41 heavy (non-hydrogen) atoms. The molecule has 0 saturated heterocycles.